The molecule has 0 radical (unpaired) electrons. The Morgan fingerprint density at radius 1 is 1.25 bits per heavy atom. The van der Waals surface area contributed by atoms with Gasteiger partial charge in [0.05, 0.1) is 0 Å². The van der Waals surface area contributed by atoms with Gasteiger partial charge in [0.2, 0.25) is 0 Å². The molecular formula is C14H26N2. The number of unbranched alkanes of at least 4 members (excludes halogenated alkanes) is 3. The van der Waals surface area contributed by atoms with Crippen LogP contribution in [0.3, 0.4) is 0 Å². The monoisotopic (exact) mass is 222 g/mol. The molecule has 0 spiro atoms. The van der Waals surface area contributed by atoms with Crippen LogP contribution in [0.1, 0.15) is 38.5 Å². The summed E-state index contributed by atoms with van der Waals surface area (Å²) in [5.74, 6) is 0.946. The fraction of sp³-hybridized carbons (Fsp3) is 0.857. The van der Waals surface area contributed by atoms with E-state index in [4.69, 9.17) is 0 Å². The molecule has 2 heteroatoms. The quantitative estimate of drug-likeness (QED) is 0.548. The average Bonchev–Trinajstić information content (AvgIpc) is 2.71. The summed E-state index contributed by atoms with van der Waals surface area (Å²) < 4.78 is 0. The number of allylic oxidation sites excluding steroid dienone is 1. The summed E-state index contributed by atoms with van der Waals surface area (Å²) in [5, 5.41) is 3.67. The SMILES string of the molecule is C=CCCCCCN1CC2CCCNC2C1. The standard InChI is InChI=1S/C14H26N2/c1-2-3-4-5-6-10-16-11-13-8-7-9-15-14(13)12-16/h2,13-15H,1,3-12H2. The molecule has 2 aliphatic heterocycles. The van der Waals surface area contributed by atoms with Crippen LogP contribution in [0, 0.1) is 5.92 Å². The number of nitrogens with one attached hydrogen (secondary N) is 1. The lowest BCUT2D eigenvalue weighted by molar-refractivity contribution is 0.312. The van der Waals surface area contributed by atoms with Gasteiger partial charge in [-0.25, -0.2) is 0 Å². The second-order valence-corrected chi connectivity index (χ2v) is 5.36. The Kier molecular flexibility index (Phi) is 4.86. The van der Waals surface area contributed by atoms with E-state index in [1.807, 2.05) is 6.08 Å². The van der Waals surface area contributed by atoms with Crippen LogP contribution in [0.25, 0.3) is 0 Å². The number of rotatable bonds is 6. The van der Waals surface area contributed by atoms with Gasteiger partial charge in [-0.1, -0.05) is 12.5 Å². The molecule has 2 nitrogen and oxygen atoms in total. The molecule has 0 aliphatic carbocycles. The third-order valence-corrected chi connectivity index (χ3v) is 4.06. The Labute approximate surface area is 100 Å². The van der Waals surface area contributed by atoms with Crippen molar-refractivity contribution in [1.82, 2.24) is 10.2 Å². The molecule has 2 heterocycles. The Morgan fingerprint density at radius 3 is 3.00 bits per heavy atom. The van der Waals surface area contributed by atoms with E-state index in [0.717, 1.165) is 12.0 Å². The van der Waals surface area contributed by atoms with E-state index in [0.29, 0.717) is 0 Å². The fourth-order valence-electron chi connectivity index (χ4n) is 3.12. The maximum absolute atomic E-state index is 3.77. The Bertz CT molecular complexity index is 201. The molecule has 2 rings (SSSR count). The molecule has 2 aliphatic rings. The van der Waals surface area contributed by atoms with E-state index in [-0.39, 0.29) is 0 Å². The van der Waals surface area contributed by atoms with Gasteiger partial charge in [-0.05, 0) is 51.1 Å². The van der Waals surface area contributed by atoms with Crippen molar-refractivity contribution in [2.75, 3.05) is 26.2 Å². The summed E-state index contributed by atoms with van der Waals surface area (Å²) >= 11 is 0. The average molecular weight is 222 g/mol. The van der Waals surface area contributed by atoms with Crippen LogP contribution < -0.4 is 5.32 Å². The minimum absolute atomic E-state index is 0.807. The molecular weight excluding hydrogens is 196 g/mol. The molecule has 2 saturated heterocycles. The number of likely N-dealkylation sites (tertiary alicyclic amines) is 1. The summed E-state index contributed by atoms with van der Waals surface area (Å²) in [7, 11) is 0. The third kappa shape index (κ3) is 3.33. The van der Waals surface area contributed by atoms with Crippen molar-refractivity contribution in [1.29, 1.82) is 0 Å². The molecule has 0 aromatic heterocycles. The molecule has 0 bridgehead atoms. The van der Waals surface area contributed by atoms with Gasteiger partial charge in [0.15, 0.2) is 0 Å². The highest BCUT2D eigenvalue weighted by Gasteiger charge is 2.33. The second kappa shape index (κ2) is 6.41. The fourth-order valence-corrected chi connectivity index (χ4v) is 3.12. The second-order valence-electron chi connectivity index (χ2n) is 5.36. The Balaban J connectivity index is 1.59. The topological polar surface area (TPSA) is 15.3 Å². The third-order valence-electron chi connectivity index (χ3n) is 4.06. The molecule has 16 heavy (non-hydrogen) atoms. The number of fused-ring (bicyclic) bond motifs is 1. The van der Waals surface area contributed by atoms with Crippen molar-refractivity contribution >= 4 is 0 Å². The molecule has 92 valence electrons. The van der Waals surface area contributed by atoms with Crippen LogP contribution in [-0.4, -0.2) is 37.1 Å². The van der Waals surface area contributed by atoms with E-state index >= 15 is 0 Å². The lowest BCUT2D eigenvalue weighted by atomic mass is 9.94. The predicted octanol–water partition coefficient (Wildman–Crippen LogP) is 2.42. The zero-order valence-corrected chi connectivity index (χ0v) is 10.5. The van der Waals surface area contributed by atoms with Crippen molar-refractivity contribution in [2.24, 2.45) is 5.92 Å². The largest absolute Gasteiger partial charge is 0.312 e. The highest BCUT2D eigenvalue weighted by molar-refractivity contribution is 4.91. The number of piperidine rings is 1. The number of hydrogen-bond acceptors (Lipinski definition) is 2. The van der Waals surface area contributed by atoms with Crippen LogP contribution in [0.15, 0.2) is 12.7 Å². The number of nitrogens with zero attached hydrogens (tertiary/aromatic N) is 1. The van der Waals surface area contributed by atoms with Crippen molar-refractivity contribution in [3.8, 4) is 0 Å². The van der Waals surface area contributed by atoms with Gasteiger partial charge in [-0.3, -0.25) is 0 Å². The molecule has 1 N–H and O–H groups in total. The van der Waals surface area contributed by atoms with E-state index in [1.165, 1.54) is 64.7 Å². The van der Waals surface area contributed by atoms with Gasteiger partial charge in [0.25, 0.3) is 0 Å². The van der Waals surface area contributed by atoms with E-state index in [2.05, 4.69) is 16.8 Å². The van der Waals surface area contributed by atoms with Crippen molar-refractivity contribution < 1.29 is 0 Å². The minimum atomic E-state index is 0.807. The molecule has 2 atom stereocenters. The van der Waals surface area contributed by atoms with Gasteiger partial charge < -0.3 is 10.2 Å². The van der Waals surface area contributed by atoms with Crippen LogP contribution in [0.4, 0.5) is 0 Å². The summed E-state index contributed by atoms with van der Waals surface area (Å²) in [4.78, 5) is 2.67. The van der Waals surface area contributed by atoms with Gasteiger partial charge in [0.1, 0.15) is 0 Å². The lowest BCUT2D eigenvalue weighted by Crippen LogP contribution is -2.40. The highest BCUT2D eigenvalue weighted by Crippen LogP contribution is 2.24. The summed E-state index contributed by atoms with van der Waals surface area (Å²) in [6.45, 7) is 8.97. The molecule has 2 unspecified atom stereocenters. The lowest BCUT2D eigenvalue weighted by Gasteiger charge is -2.24. The van der Waals surface area contributed by atoms with Gasteiger partial charge >= 0.3 is 0 Å². The first kappa shape index (κ1) is 12.1. The first-order valence-corrected chi connectivity index (χ1v) is 6.97. The Morgan fingerprint density at radius 2 is 2.19 bits per heavy atom. The molecule has 0 amide bonds. The predicted molar refractivity (Wildman–Crippen MR) is 69.6 cm³/mol. The van der Waals surface area contributed by atoms with Gasteiger partial charge in [-0.2, -0.15) is 0 Å². The van der Waals surface area contributed by atoms with E-state index < -0.39 is 0 Å². The van der Waals surface area contributed by atoms with Crippen LogP contribution in [0.2, 0.25) is 0 Å². The van der Waals surface area contributed by atoms with Gasteiger partial charge in [-0.15, -0.1) is 6.58 Å². The summed E-state index contributed by atoms with van der Waals surface area (Å²) in [5.41, 5.74) is 0. The van der Waals surface area contributed by atoms with Crippen LogP contribution in [0.5, 0.6) is 0 Å². The van der Waals surface area contributed by atoms with Crippen molar-refractivity contribution in [2.45, 2.75) is 44.6 Å². The molecule has 0 saturated carbocycles. The molecule has 0 aromatic rings. The van der Waals surface area contributed by atoms with Crippen LogP contribution in [-0.2, 0) is 0 Å². The Hall–Kier alpha value is -0.340. The zero-order valence-electron chi connectivity index (χ0n) is 10.5. The normalized spacial score (nSPS) is 30.2. The van der Waals surface area contributed by atoms with Crippen molar-refractivity contribution in [3.63, 3.8) is 0 Å². The zero-order chi connectivity index (χ0) is 11.2. The number of hydrogen-bond donors (Lipinski definition) is 1. The van der Waals surface area contributed by atoms with Crippen LogP contribution >= 0.6 is 0 Å². The highest BCUT2D eigenvalue weighted by atomic mass is 15.2. The molecule has 0 aromatic carbocycles. The van der Waals surface area contributed by atoms with Gasteiger partial charge in [0, 0.05) is 19.1 Å². The summed E-state index contributed by atoms with van der Waals surface area (Å²) in [6, 6.07) is 0.807. The van der Waals surface area contributed by atoms with E-state index in [1.54, 1.807) is 0 Å². The van der Waals surface area contributed by atoms with E-state index in [9.17, 15) is 0 Å². The first-order chi connectivity index (χ1) is 7.90. The maximum Gasteiger partial charge on any atom is 0.0235 e. The first-order valence-electron chi connectivity index (χ1n) is 6.97. The van der Waals surface area contributed by atoms with Crippen molar-refractivity contribution in [3.05, 3.63) is 12.7 Å². The minimum Gasteiger partial charge on any atom is -0.312 e. The maximum atomic E-state index is 3.77. The summed E-state index contributed by atoms with van der Waals surface area (Å²) in [6.07, 6.45) is 10.1. The molecule has 2 fully saturated rings. The smallest absolute Gasteiger partial charge is 0.0235 e.